The van der Waals surface area contributed by atoms with Crippen molar-refractivity contribution < 1.29 is 19.2 Å². The first-order valence-electron chi connectivity index (χ1n) is 5.88. The lowest BCUT2D eigenvalue weighted by atomic mass is 10.1. The Labute approximate surface area is 115 Å². The molecule has 0 spiro atoms. The summed E-state index contributed by atoms with van der Waals surface area (Å²) in [5, 5.41) is 2.58. The Morgan fingerprint density at radius 1 is 1.42 bits per heavy atom. The number of nitrogens with one attached hydrogen (secondary N) is 1. The van der Waals surface area contributed by atoms with Crippen molar-refractivity contribution in [1.82, 2.24) is 10.2 Å². The number of imide groups is 1. The molecule has 7 nitrogen and oxygen atoms in total. The van der Waals surface area contributed by atoms with Crippen molar-refractivity contribution >= 4 is 35.4 Å². The molecule has 0 bridgehead atoms. The SMILES string of the molecule is C[C@H]1CC(=O)N(CCNC(=O)CSCC(N)=O)C1=O. The van der Waals surface area contributed by atoms with Crippen LogP contribution >= 0.6 is 11.8 Å². The van der Waals surface area contributed by atoms with E-state index in [1.165, 1.54) is 4.90 Å². The van der Waals surface area contributed by atoms with Crippen LogP contribution in [-0.4, -0.2) is 53.1 Å². The Kier molecular flexibility index (Phi) is 5.81. The first-order chi connectivity index (χ1) is 8.91. The van der Waals surface area contributed by atoms with Crippen LogP contribution in [0, 0.1) is 5.92 Å². The molecule has 0 aromatic rings. The number of nitrogens with zero attached hydrogens (tertiary/aromatic N) is 1. The van der Waals surface area contributed by atoms with E-state index in [4.69, 9.17) is 5.73 Å². The molecule has 1 aliphatic rings. The van der Waals surface area contributed by atoms with Gasteiger partial charge in [0.2, 0.25) is 23.6 Å². The first kappa shape index (κ1) is 15.5. The van der Waals surface area contributed by atoms with Crippen LogP contribution in [0.4, 0.5) is 0 Å². The second-order valence-electron chi connectivity index (χ2n) is 4.30. The molecule has 1 fully saturated rings. The van der Waals surface area contributed by atoms with Crippen LogP contribution in [0.15, 0.2) is 0 Å². The van der Waals surface area contributed by atoms with E-state index in [1.54, 1.807) is 6.92 Å². The number of hydrogen-bond donors (Lipinski definition) is 2. The highest BCUT2D eigenvalue weighted by molar-refractivity contribution is 8.00. The lowest BCUT2D eigenvalue weighted by molar-refractivity contribution is -0.139. The summed E-state index contributed by atoms with van der Waals surface area (Å²) in [4.78, 5) is 46.0. The number of carbonyl (C=O) groups excluding carboxylic acids is 4. The molecule has 0 aromatic carbocycles. The highest BCUT2D eigenvalue weighted by atomic mass is 32.2. The molecule has 1 atom stereocenters. The highest BCUT2D eigenvalue weighted by Gasteiger charge is 2.34. The van der Waals surface area contributed by atoms with Crippen LogP contribution in [0.3, 0.4) is 0 Å². The van der Waals surface area contributed by atoms with Gasteiger partial charge in [-0.3, -0.25) is 24.1 Å². The Morgan fingerprint density at radius 2 is 2.11 bits per heavy atom. The summed E-state index contributed by atoms with van der Waals surface area (Å²) in [6.45, 7) is 2.12. The second-order valence-corrected chi connectivity index (χ2v) is 5.28. The Morgan fingerprint density at radius 3 is 2.63 bits per heavy atom. The van der Waals surface area contributed by atoms with Gasteiger partial charge in [0.15, 0.2) is 0 Å². The van der Waals surface area contributed by atoms with E-state index in [9.17, 15) is 19.2 Å². The van der Waals surface area contributed by atoms with Crippen LogP contribution in [0.2, 0.25) is 0 Å². The quantitative estimate of drug-likeness (QED) is 0.567. The van der Waals surface area contributed by atoms with Crippen molar-refractivity contribution in [2.75, 3.05) is 24.6 Å². The molecule has 3 N–H and O–H groups in total. The molecule has 0 radical (unpaired) electrons. The van der Waals surface area contributed by atoms with Crippen molar-refractivity contribution in [2.45, 2.75) is 13.3 Å². The zero-order chi connectivity index (χ0) is 14.4. The molecule has 1 saturated heterocycles. The average molecular weight is 287 g/mol. The van der Waals surface area contributed by atoms with Gasteiger partial charge in [-0.05, 0) is 0 Å². The standard InChI is InChI=1S/C11H17N3O4S/c1-7-4-10(17)14(11(7)18)3-2-13-9(16)6-19-5-8(12)15/h7H,2-6H2,1H3,(H2,12,15)(H,13,16)/t7-/m0/s1. The molecule has 8 heteroatoms. The van der Waals surface area contributed by atoms with Gasteiger partial charge in [0.1, 0.15) is 0 Å². The predicted octanol–water partition coefficient (Wildman–Crippen LogP) is -1.28. The van der Waals surface area contributed by atoms with Crippen molar-refractivity contribution in [3.63, 3.8) is 0 Å². The molecular formula is C11H17N3O4S. The fraction of sp³-hybridized carbons (Fsp3) is 0.636. The fourth-order valence-electron chi connectivity index (χ4n) is 1.69. The van der Waals surface area contributed by atoms with Crippen molar-refractivity contribution in [1.29, 1.82) is 0 Å². The number of amides is 4. The van der Waals surface area contributed by atoms with E-state index in [0.717, 1.165) is 11.8 Å². The minimum Gasteiger partial charge on any atom is -0.369 e. The number of primary amides is 1. The minimum atomic E-state index is -0.472. The van der Waals surface area contributed by atoms with E-state index in [-0.39, 0.29) is 54.7 Å². The van der Waals surface area contributed by atoms with Gasteiger partial charge >= 0.3 is 0 Å². The zero-order valence-corrected chi connectivity index (χ0v) is 11.5. The van der Waals surface area contributed by atoms with Gasteiger partial charge in [-0.15, -0.1) is 11.8 Å². The molecule has 4 amide bonds. The molecule has 1 aliphatic heterocycles. The number of nitrogens with two attached hydrogens (primary N) is 1. The summed E-state index contributed by atoms with van der Waals surface area (Å²) >= 11 is 1.12. The van der Waals surface area contributed by atoms with Gasteiger partial charge in [-0.1, -0.05) is 6.92 Å². The van der Waals surface area contributed by atoms with Crippen LogP contribution in [0.5, 0.6) is 0 Å². The third kappa shape index (κ3) is 4.90. The van der Waals surface area contributed by atoms with Crippen molar-refractivity contribution in [2.24, 2.45) is 11.7 Å². The van der Waals surface area contributed by atoms with Crippen LogP contribution in [0.25, 0.3) is 0 Å². The van der Waals surface area contributed by atoms with E-state index in [0.29, 0.717) is 0 Å². The summed E-state index contributed by atoms with van der Waals surface area (Å²) < 4.78 is 0. The molecule has 0 unspecified atom stereocenters. The van der Waals surface area contributed by atoms with Gasteiger partial charge in [0.05, 0.1) is 11.5 Å². The van der Waals surface area contributed by atoms with Gasteiger partial charge < -0.3 is 11.1 Å². The fourth-order valence-corrected chi connectivity index (χ4v) is 2.28. The number of thioether (sulfide) groups is 1. The van der Waals surface area contributed by atoms with Gasteiger partial charge in [-0.25, -0.2) is 0 Å². The number of likely N-dealkylation sites (tertiary alicyclic amines) is 1. The maximum absolute atomic E-state index is 11.6. The van der Waals surface area contributed by atoms with E-state index < -0.39 is 5.91 Å². The molecule has 0 saturated carbocycles. The largest absolute Gasteiger partial charge is 0.369 e. The second kappa shape index (κ2) is 7.13. The topological polar surface area (TPSA) is 110 Å². The van der Waals surface area contributed by atoms with Gasteiger partial charge in [0, 0.05) is 25.4 Å². The summed E-state index contributed by atoms with van der Waals surface area (Å²) in [5.41, 5.74) is 4.93. The lowest BCUT2D eigenvalue weighted by Gasteiger charge is -2.14. The minimum absolute atomic E-state index is 0.0913. The van der Waals surface area contributed by atoms with Crippen LogP contribution in [-0.2, 0) is 19.2 Å². The number of hydrogen-bond acceptors (Lipinski definition) is 5. The van der Waals surface area contributed by atoms with Crippen LogP contribution < -0.4 is 11.1 Å². The molecule has 0 aromatic heterocycles. The maximum Gasteiger partial charge on any atom is 0.232 e. The predicted molar refractivity (Wildman–Crippen MR) is 70.0 cm³/mol. The normalized spacial score (nSPS) is 18.8. The van der Waals surface area contributed by atoms with E-state index in [1.807, 2.05) is 0 Å². The number of rotatable bonds is 7. The maximum atomic E-state index is 11.6. The molecule has 106 valence electrons. The Balaban J connectivity index is 2.20. The summed E-state index contributed by atoms with van der Waals surface area (Å²) in [7, 11) is 0. The van der Waals surface area contributed by atoms with E-state index >= 15 is 0 Å². The van der Waals surface area contributed by atoms with Crippen LogP contribution in [0.1, 0.15) is 13.3 Å². The summed E-state index contributed by atoms with van der Waals surface area (Å²) in [6.07, 6.45) is 0.237. The summed E-state index contributed by atoms with van der Waals surface area (Å²) in [6, 6.07) is 0. The molecular weight excluding hydrogens is 270 g/mol. The Bertz CT molecular complexity index is 399. The Hall–Kier alpha value is -1.57. The van der Waals surface area contributed by atoms with Crippen molar-refractivity contribution in [3.8, 4) is 0 Å². The smallest absolute Gasteiger partial charge is 0.232 e. The number of carbonyl (C=O) groups is 4. The lowest BCUT2D eigenvalue weighted by Crippen LogP contribution is -2.38. The van der Waals surface area contributed by atoms with Crippen molar-refractivity contribution in [3.05, 3.63) is 0 Å². The van der Waals surface area contributed by atoms with Gasteiger partial charge in [0.25, 0.3) is 0 Å². The first-order valence-corrected chi connectivity index (χ1v) is 7.04. The molecule has 0 aliphatic carbocycles. The third-order valence-corrected chi connectivity index (χ3v) is 3.56. The zero-order valence-electron chi connectivity index (χ0n) is 10.7. The monoisotopic (exact) mass is 287 g/mol. The van der Waals surface area contributed by atoms with Gasteiger partial charge in [-0.2, -0.15) is 0 Å². The molecule has 1 rings (SSSR count). The highest BCUT2D eigenvalue weighted by Crippen LogP contribution is 2.17. The molecule has 19 heavy (non-hydrogen) atoms. The average Bonchev–Trinajstić information content (AvgIpc) is 2.55. The third-order valence-electron chi connectivity index (χ3n) is 2.60. The van der Waals surface area contributed by atoms with E-state index in [2.05, 4.69) is 5.32 Å². The summed E-state index contributed by atoms with van der Waals surface area (Å²) in [5.74, 6) is -1.17. The molecule has 1 heterocycles.